The van der Waals surface area contributed by atoms with Crippen LogP contribution in [0.4, 0.5) is 13.6 Å². The minimum Gasteiger partial charge on any atom is -0.464 e. The van der Waals surface area contributed by atoms with Crippen LogP contribution in [0.5, 0.6) is 0 Å². The van der Waals surface area contributed by atoms with Crippen molar-refractivity contribution in [3.63, 3.8) is 0 Å². The molecule has 1 aromatic carbocycles. The standard InChI is InChI=1S/C27H34BF2N5O5/c1-26(2,34-11-9-27(29,30)17-34)12-18(14-31)24(36)35-10-5-6-19(35)15-32-25(37)33-22(13-28(38)39)21-16-40-23-8-4-3-7-20(21)23/h3-4,7-8,12,16,19,22,38-39H,5-6,9-11,13,15,17H2,1-2H3,(H2,32,33,37)/t19-,22-/m1/s1. The van der Waals surface area contributed by atoms with Crippen molar-refractivity contribution in [3.05, 3.63) is 47.7 Å². The Hall–Kier alpha value is -3.47. The van der Waals surface area contributed by atoms with Gasteiger partial charge in [-0.05, 0) is 38.8 Å². The van der Waals surface area contributed by atoms with Crippen LogP contribution in [0.15, 0.2) is 46.6 Å². The molecule has 40 heavy (non-hydrogen) atoms. The van der Waals surface area contributed by atoms with Gasteiger partial charge in [0, 0.05) is 54.9 Å². The van der Waals surface area contributed by atoms with Crippen LogP contribution in [-0.4, -0.2) is 82.6 Å². The summed E-state index contributed by atoms with van der Waals surface area (Å²) < 4.78 is 33.1. The lowest BCUT2D eigenvalue weighted by Gasteiger charge is -2.33. The van der Waals surface area contributed by atoms with E-state index in [-0.39, 0.29) is 37.4 Å². The first-order valence-electron chi connectivity index (χ1n) is 13.3. The number of likely N-dealkylation sites (tertiary alicyclic amines) is 2. The van der Waals surface area contributed by atoms with Gasteiger partial charge in [-0.3, -0.25) is 9.69 Å². The van der Waals surface area contributed by atoms with E-state index in [1.807, 2.05) is 18.2 Å². The number of benzene rings is 1. The molecule has 2 aliphatic rings. The summed E-state index contributed by atoms with van der Waals surface area (Å²) in [7, 11) is -1.67. The molecule has 0 unspecified atom stereocenters. The molecule has 3 amide bonds. The molecule has 2 aromatic rings. The van der Waals surface area contributed by atoms with Crippen LogP contribution in [0.2, 0.25) is 6.32 Å². The summed E-state index contributed by atoms with van der Waals surface area (Å²) in [6.45, 7) is 3.65. The van der Waals surface area contributed by atoms with Crippen molar-refractivity contribution in [1.29, 1.82) is 5.26 Å². The van der Waals surface area contributed by atoms with E-state index in [1.165, 1.54) is 17.2 Å². The quantitative estimate of drug-likeness (QED) is 0.211. The van der Waals surface area contributed by atoms with E-state index in [0.29, 0.717) is 30.5 Å². The third-order valence-electron chi connectivity index (χ3n) is 7.61. The average Bonchev–Trinajstić information content (AvgIpc) is 3.63. The number of furan rings is 1. The Balaban J connectivity index is 1.40. The number of carbonyl (C=O) groups excluding carboxylic acids is 2. The summed E-state index contributed by atoms with van der Waals surface area (Å²) in [6, 6.07) is 7.44. The summed E-state index contributed by atoms with van der Waals surface area (Å²) in [4.78, 5) is 29.2. The fourth-order valence-electron chi connectivity index (χ4n) is 5.45. The number of carbonyl (C=O) groups is 2. The van der Waals surface area contributed by atoms with Gasteiger partial charge in [0.15, 0.2) is 0 Å². The second-order valence-electron chi connectivity index (χ2n) is 11.0. The highest BCUT2D eigenvalue weighted by molar-refractivity contribution is 6.41. The van der Waals surface area contributed by atoms with Crippen molar-refractivity contribution in [3.8, 4) is 6.07 Å². The van der Waals surface area contributed by atoms with Gasteiger partial charge in [-0.25, -0.2) is 13.6 Å². The van der Waals surface area contributed by atoms with E-state index in [1.54, 1.807) is 30.9 Å². The monoisotopic (exact) mass is 557 g/mol. The van der Waals surface area contributed by atoms with Crippen molar-refractivity contribution < 1.29 is 32.8 Å². The number of fused-ring (bicyclic) bond motifs is 1. The number of nitrogens with one attached hydrogen (secondary N) is 2. The highest BCUT2D eigenvalue weighted by Crippen LogP contribution is 2.33. The van der Waals surface area contributed by atoms with Crippen LogP contribution >= 0.6 is 0 Å². The van der Waals surface area contributed by atoms with Crippen LogP contribution in [0.25, 0.3) is 11.0 Å². The molecule has 0 aliphatic carbocycles. The molecule has 0 saturated carbocycles. The summed E-state index contributed by atoms with van der Waals surface area (Å²) >= 11 is 0. The third-order valence-corrected chi connectivity index (χ3v) is 7.61. The number of urea groups is 1. The molecule has 2 atom stereocenters. The summed E-state index contributed by atoms with van der Waals surface area (Å²) in [6.07, 6.45) is 3.78. The number of rotatable bonds is 9. The number of alkyl halides is 2. The van der Waals surface area contributed by atoms with E-state index in [0.717, 1.165) is 5.39 Å². The zero-order chi connectivity index (χ0) is 29.1. The van der Waals surface area contributed by atoms with Gasteiger partial charge in [0.25, 0.3) is 11.8 Å². The topological polar surface area (TPSA) is 142 Å². The second kappa shape index (κ2) is 12.0. The molecule has 10 nitrogen and oxygen atoms in total. The molecule has 2 aliphatic heterocycles. The Labute approximate surface area is 231 Å². The lowest BCUT2D eigenvalue weighted by Crippen LogP contribution is -2.47. The van der Waals surface area contributed by atoms with Crippen LogP contribution in [0.3, 0.4) is 0 Å². The molecule has 3 heterocycles. The van der Waals surface area contributed by atoms with Crippen molar-refractivity contribution >= 4 is 30.0 Å². The summed E-state index contributed by atoms with van der Waals surface area (Å²) in [5.41, 5.74) is 0.150. The highest BCUT2D eigenvalue weighted by atomic mass is 19.3. The van der Waals surface area contributed by atoms with Crippen LogP contribution in [0.1, 0.15) is 44.7 Å². The van der Waals surface area contributed by atoms with Gasteiger partial charge in [-0.2, -0.15) is 5.26 Å². The SMILES string of the molecule is CC(C)(C=C(C#N)C(=O)N1CCC[C@@H]1CNC(=O)N[C@H](CB(O)O)c1coc2ccccc12)N1CCC(F)(F)C1. The zero-order valence-corrected chi connectivity index (χ0v) is 22.6. The van der Waals surface area contributed by atoms with E-state index < -0.39 is 43.1 Å². The lowest BCUT2D eigenvalue weighted by atomic mass is 9.79. The second-order valence-corrected chi connectivity index (χ2v) is 11.0. The summed E-state index contributed by atoms with van der Waals surface area (Å²) in [5, 5.41) is 35.2. The molecule has 214 valence electrons. The zero-order valence-electron chi connectivity index (χ0n) is 22.6. The number of hydrogen-bond donors (Lipinski definition) is 4. The highest BCUT2D eigenvalue weighted by Gasteiger charge is 2.43. The molecule has 0 bridgehead atoms. The van der Waals surface area contributed by atoms with E-state index in [4.69, 9.17) is 4.42 Å². The van der Waals surface area contributed by atoms with Crippen molar-refractivity contribution in [1.82, 2.24) is 20.4 Å². The molecule has 13 heteroatoms. The van der Waals surface area contributed by atoms with Gasteiger partial charge < -0.3 is 30.0 Å². The van der Waals surface area contributed by atoms with Crippen LogP contribution in [-0.2, 0) is 4.79 Å². The average molecular weight is 557 g/mol. The number of amides is 3. The van der Waals surface area contributed by atoms with Crippen molar-refractivity contribution in [2.45, 2.75) is 63.0 Å². The Kier molecular flexibility index (Phi) is 8.82. The van der Waals surface area contributed by atoms with Gasteiger partial charge in [-0.15, -0.1) is 0 Å². The van der Waals surface area contributed by atoms with Crippen LogP contribution in [0, 0.1) is 11.3 Å². The molecule has 0 radical (unpaired) electrons. The minimum atomic E-state index is -2.80. The smallest absolute Gasteiger partial charge is 0.453 e. The maximum Gasteiger partial charge on any atom is 0.453 e. The predicted octanol–water partition coefficient (Wildman–Crippen LogP) is 2.81. The van der Waals surface area contributed by atoms with Gasteiger partial charge in [0.1, 0.15) is 17.2 Å². The third kappa shape index (κ3) is 6.81. The number of nitrogens with zero attached hydrogens (tertiary/aromatic N) is 3. The summed E-state index contributed by atoms with van der Waals surface area (Å²) in [5.74, 6) is -3.30. The Morgan fingerprint density at radius 3 is 2.75 bits per heavy atom. The number of halogens is 2. The molecule has 4 rings (SSSR count). The lowest BCUT2D eigenvalue weighted by molar-refractivity contribution is -0.127. The Bertz CT molecular complexity index is 1310. The molecule has 2 fully saturated rings. The predicted molar refractivity (Wildman–Crippen MR) is 144 cm³/mol. The maximum absolute atomic E-state index is 13.8. The molecular weight excluding hydrogens is 523 g/mol. The molecule has 1 aromatic heterocycles. The van der Waals surface area contributed by atoms with Gasteiger partial charge in [0.2, 0.25) is 0 Å². The van der Waals surface area contributed by atoms with E-state index in [2.05, 4.69) is 10.6 Å². The molecule has 2 saturated heterocycles. The first-order chi connectivity index (χ1) is 18.9. The van der Waals surface area contributed by atoms with Gasteiger partial charge >= 0.3 is 13.1 Å². The normalized spacial score (nSPS) is 20.4. The molecular formula is C27H34BF2N5O5. The maximum atomic E-state index is 13.8. The van der Waals surface area contributed by atoms with Crippen molar-refractivity contribution in [2.75, 3.05) is 26.2 Å². The van der Waals surface area contributed by atoms with Gasteiger partial charge in [0.05, 0.1) is 18.8 Å². The Morgan fingerprint density at radius 2 is 2.08 bits per heavy atom. The van der Waals surface area contributed by atoms with Gasteiger partial charge in [-0.1, -0.05) is 18.2 Å². The molecule has 0 spiro atoms. The van der Waals surface area contributed by atoms with E-state index in [9.17, 15) is 33.7 Å². The van der Waals surface area contributed by atoms with E-state index >= 15 is 0 Å². The number of para-hydroxylation sites is 1. The number of hydrogen-bond acceptors (Lipinski definition) is 7. The van der Waals surface area contributed by atoms with Crippen molar-refractivity contribution in [2.24, 2.45) is 0 Å². The first kappa shape index (κ1) is 29.5. The number of nitriles is 1. The largest absolute Gasteiger partial charge is 0.464 e. The molecule has 4 N–H and O–H groups in total. The Morgan fingerprint density at radius 1 is 1.32 bits per heavy atom. The minimum absolute atomic E-state index is 0.110. The van der Waals surface area contributed by atoms with Crippen LogP contribution < -0.4 is 10.6 Å². The first-order valence-corrected chi connectivity index (χ1v) is 13.3. The fraction of sp³-hybridized carbons (Fsp3) is 0.519. The fourth-order valence-corrected chi connectivity index (χ4v) is 5.45.